The summed E-state index contributed by atoms with van der Waals surface area (Å²) in [4.78, 5) is 25.8. The lowest BCUT2D eigenvalue weighted by atomic mass is 10.2. The van der Waals surface area contributed by atoms with E-state index in [1.807, 2.05) is 50.3 Å². The molecular weight excluding hydrogens is 264 g/mol. The van der Waals surface area contributed by atoms with E-state index >= 15 is 0 Å². The van der Waals surface area contributed by atoms with E-state index in [2.05, 4.69) is 5.32 Å². The smallest absolute Gasteiger partial charge is 0.248 e. The number of hydrogen-bond acceptors (Lipinski definition) is 2. The van der Waals surface area contributed by atoms with Gasteiger partial charge in [-0.15, -0.1) is 0 Å². The lowest BCUT2D eigenvalue weighted by Crippen LogP contribution is -2.47. The molecule has 21 heavy (non-hydrogen) atoms. The molecule has 4 heteroatoms. The molecule has 2 amide bonds. The van der Waals surface area contributed by atoms with Crippen LogP contribution in [-0.4, -0.2) is 29.4 Å². The topological polar surface area (TPSA) is 49.4 Å². The Hall–Kier alpha value is -2.10. The van der Waals surface area contributed by atoms with Gasteiger partial charge in [-0.05, 0) is 24.5 Å². The maximum atomic E-state index is 12.3. The molecule has 0 radical (unpaired) electrons. The van der Waals surface area contributed by atoms with E-state index in [1.165, 1.54) is 0 Å². The Kier molecular flexibility index (Phi) is 5.14. The summed E-state index contributed by atoms with van der Waals surface area (Å²) in [5, 5.41) is 2.94. The van der Waals surface area contributed by atoms with Crippen LogP contribution in [0.25, 0.3) is 6.08 Å². The highest BCUT2D eigenvalue weighted by molar-refractivity contribution is 5.92. The van der Waals surface area contributed by atoms with E-state index in [0.29, 0.717) is 6.54 Å². The fraction of sp³-hybridized carbons (Fsp3) is 0.412. The number of carbonyl (C=O) groups excluding carboxylic acids is 2. The van der Waals surface area contributed by atoms with Gasteiger partial charge in [0.15, 0.2) is 0 Å². The van der Waals surface area contributed by atoms with Crippen molar-refractivity contribution in [2.75, 3.05) is 6.54 Å². The molecule has 1 saturated heterocycles. The van der Waals surface area contributed by atoms with Crippen LogP contribution in [0.5, 0.6) is 0 Å². The van der Waals surface area contributed by atoms with E-state index in [-0.39, 0.29) is 23.9 Å². The molecule has 1 heterocycles. The van der Waals surface area contributed by atoms with E-state index < -0.39 is 0 Å². The van der Waals surface area contributed by atoms with Crippen LogP contribution in [0.3, 0.4) is 0 Å². The summed E-state index contributed by atoms with van der Waals surface area (Å²) in [5.41, 5.74) is 0.993. The van der Waals surface area contributed by atoms with E-state index in [1.54, 1.807) is 11.0 Å². The largest absolute Gasteiger partial charge is 0.336 e. The Labute approximate surface area is 125 Å². The first-order valence-corrected chi connectivity index (χ1v) is 7.42. The van der Waals surface area contributed by atoms with Gasteiger partial charge >= 0.3 is 0 Å². The Morgan fingerprint density at radius 1 is 1.29 bits per heavy atom. The van der Waals surface area contributed by atoms with Crippen molar-refractivity contribution >= 4 is 17.9 Å². The monoisotopic (exact) mass is 286 g/mol. The quantitative estimate of drug-likeness (QED) is 0.864. The highest BCUT2D eigenvalue weighted by Crippen LogP contribution is 2.16. The molecule has 0 spiro atoms. The lowest BCUT2D eigenvalue weighted by molar-refractivity contribution is -0.130. The normalized spacial score (nSPS) is 18.4. The fourth-order valence-electron chi connectivity index (χ4n) is 2.34. The van der Waals surface area contributed by atoms with Gasteiger partial charge in [0.1, 0.15) is 6.17 Å². The second kappa shape index (κ2) is 7.07. The number of rotatable bonds is 4. The molecule has 1 aromatic carbocycles. The van der Waals surface area contributed by atoms with Gasteiger partial charge in [0.05, 0.1) is 0 Å². The first-order valence-electron chi connectivity index (χ1n) is 7.42. The average molecular weight is 286 g/mol. The summed E-state index contributed by atoms with van der Waals surface area (Å²) < 4.78 is 0. The van der Waals surface area contributed by atoms with Gasteiger partial charge in [-0.3, -0.25) is 9.59 Å². The maximum Gasteiger partial charge on any atom is 0.248 e. The lowest BCUT2D eigenvalue weighted by Gasteiger charge is -2.25. The SMILES string of the molecule is CC(C)C(=O)N[C@H]1CCCN1C(=O)C=Cc1ccccc1. The third kappa shape index (κ3) is 4.18. The van der Waals surface area contributed by atoms with E-state index in [0.717, 1.165) is 18.4 Å². The number of benzene rings is 1. The van der Waals surface area contributed by atoms with Gasteiger partial charge in [-0.25, -0.2) is 0 Å². The number of likely N-dealkylation sites (tertiary alicyclic amines) is 1. The number of nitrogens with zero attached hydrogens (tertiary/aromatic N) is 1. The van der Waals surface area contributed by atoms with Crippen LogP contribution >= 0.6 is 0 Å². The van der Waals surface area contributed by atoms with Crippen LogP contribution in [0.1, 0.15) is 32.3 Å². The van der Waals surface area contributed by atoms with Gasteiger partial charge in [0.2, 0.25) is 11.8 Å². The molecule has 0 unspecified atom stereocenters. The second-order valence-corrected chi connectivity index (χ2v) is 5.60. The van der Waals surface area contributed by atoms with Gasteiger partial charge < -0.3 is 10.2 Å². The van der Waals surface area contributed by atoms with Crippen LogP contribution in [0.15, 0.2) is 36.4 Å². The molecule has 1 aromatic rings. The Morgan fingerprint density at radius 2 is 2.00 bits per heavy atom. The van der Waals surface area contributed by atoms with Crippen molar-refractivity contribution in [3.63, 3.8) is 0 Å². The van der Waals surface area contributed by atoms with Crippen LogP contribution in [0, 0.1) is 5.92 Å². The first-order chi connectivity index (χ1) is 10.1. The minimum Gasteiger partial charge on any atom is -0.336 e. The fourth-order valence-corrected chi connectivity index (χ4v) is 2.34. The maximum absolute atomic E-state index is 12.3. The van der Waals surface area contributed by atoms with Crippen molar-refractivity contribution in [1.29, 1.82) is 0 Å². The molecule has 1 aliphatic heterocycles. The summed E-state index contributed by atoms with van der Waals surface area (Å²) in [5.74, 6) is -0.125. The molecule has 1 N–H and O–H groups in total. The van der Waals surface area contributed by atoms with Gasteiger partial charge in [-0.2, -0.15) is 0 Å². The summed E-state index contributed by atoms with van der Waals surface area (Å²) in [6.07, 6.45) is 4.96. The third-order valence-corrected chi connectivity index (χ3v) is 3.59. The van der Waals surface area contributed by atoms with Crippen LogP contribution in [0.2, 0.25) is 0 Å². The predicted octanol–water partition coefficient (Wildman–Crippen LogP) is 2.42. The molecule has 0 aromatic heterocycles. The van der Waals surface area contributed by atoms with Gasteiger partial charge in [-0.1, -0.05) is 44.2 Å². The summed E-state index contributed by atoms with van der Waals surface area (Å²) in [7, 11) is 0. The molecule has 1 aliphatic rings. The van der Waals surface area contributed by atoms with E-state index in [4.69, 9.17) is 0 Å². The third-order valence-electron chi connectivity index (χ3n) is 3.59. The number of hydrogen-bond donors (Lipinski definition) is 1. The second-order valence-electron chi connectivity index (χ2n) is 5.60. The van der Waals surface area contributed by atoms with Crippen molar-refractivity contribution in [1.82, 2.24) is 10.2 Å². The first kappa shape index (κ1) is 15.3. The van der Waals surface area contributed by atoms with Gasteiger partial charge in [0.25, 0.3) is 0 Å². The number of carbonyl (C=O) groups is 2. The van der Waals surface area contributed by atoms with Crippen molar-refractivity contribution in [3.05, 3.63) is 42.0 Å². The van der Waals surface area contributed by atoms with Crippen molar-refractivity contribution in [3.8, 4) is 0 Å². The molecule has 4 nitrogen and oxygen atoms in total. The standard InChI is InChI=1S/C17H22N2O2/c1-13(2)17(21)18-15-9-6-12-19(15)16(20)11-10-14-7-4-3-5-8-14/h3-5,7-8,10-11,13,15H,6,9,12H2,1-2H3,(H,18,21)/t15-/m1/s1. The van der Waals surface area contributed by atoms with Crippen LogP contribution in [0.4, 0.5) is 0 Å². The Morgan fingerprint density at radius 3 is 2.67 bits per heavy atom. The molecule has 0 aliphatic carbocycles. The molecule has 1 fully saturated rings. The molecule has 112 valence electrons. The summed E-state index contributed by atoms with van der Waals surface area (Å²) in [6, 6.07) is 9.71. The number of amides is 2. The highest BCUT2D eigenvalue weighted by Gasteiger charge is 2.29. The Balaban J connectivity index is 1.97. The minimum atomic E-state index is -0.173. The minimum absolute atomic E-state index is 0.00765. The molecule has 2 rings (SSSR count). The van der Waals surface area contributed by atoms with E-state index in [9.17, 15) is 9.59 Å². The summed E-state index contributed by atoms with van der Waals surface area (Å²) in [6.45, 7) is 4.40. The molecule has 1 atom stereocenters. The Bertz CT molecular complexity index is 523. The predicted molar refractivity (Wildman–Crippen MR) is 83.2 cm³/mol. The van der Waals surface area contributed by atoms with Gasteiger partial charge in [0, 0.05) is 18.5 Å². The van der Waals surface area contributed by atoms with Crippen LogP contribution in [-0.2, 0) is 9.59 Å². The molecule has 0 saturated carbocycles. The highest BCUT2D eigenvalue weighted by atomic mass is 16.2. The zero-order valence-electron chi connectivity index (χ0n) is 12.6. The molecular formula is C17H22N2O2. The van der Waals surface area contributed by atoms with Crippen molar-refractivity contribution in [2.45, 2.75) is 32.9 Å². The zero-order chi connectivity index (χ0) is 15.2. The zero-order valence-corrected chi connectivity index (χ0v) is 12.6. The van der Waals surface area contributed by atoms with Crippen molar-refractivity contribution < 1.29 is 9.59 Å². The van der Waals surface area contributed by atoms with Crippen molar-refractivity contribution in [2.24, 2.45) is 5.92 Å². The average Bonchev–Trinajstić information content (AvgIpc) is 2.94. The van der Waals surface area contributed by atoms with Crippen LogP contribution < -0.4 is 5.32 Å². The summed E-state index contributed by atoms with van der Waals surface area (Å²) >= 11 is 0. The number of nitrogens with one attached hydrogen (secondary N) is 1. The molecule has 0 bridgehead atoms.